The summed E-state index contributed by atoms with van der Waals surface area (Å²) in [4.78, 5) is 11.4. The molecule has 1 unspecified atom stereocenters. The molecule has 0 fully saturated rings. The molecule has 0 amide bonds. The predicted molar refractivity (Wildman–Crippen MR) is 99.0 cm³/mol. The second-order valence-corrected chi connectivity index (χ2v) is 7.47. The van der Waals surface area contributed by atoms with Crippen molar-refractivity contribution in [3.8, 4) is 11.5 Å². The molecule has 2 rings (SSSR count). The Morgan fingerprint density at radius 1 is 1.20 bits per heavy atom. The molecule has 1 aromatic carbocycles. The van der Waals surface area contributed by atoms with E-state index < -0.39 is 5.97 Å². The number of aliphatic carboxylic acids is 1. The summed E-state index contributed by atoms with van der Waals surface area (Å²) < 4.78 is 0. The van der Waals surface area contributed by atoms with E-state index in [1.807, 2.05) is 0 Å². The number of aromatic hydroxyl groups is 2. The van der Waals surface area contributed by atoms with Crippen LogP contribution in [0.15, 0.2) is 23.8 Å². The van der Waals surface area contributed by atoms with Gasteiger partial charge in [-0.15, -0.1) is 0 Å². The minimum Gasteiger partial charge on any atom is -0.507 e. The maximum atomic E-state index is 11.4. The van der Waals surface area contributed by atoms with Gasteiger partial charge in [-0.2, -0.15) is 0 Å². The lowest BCUT2D eigenvalue weighted by atomic mass is 9.71. The summed E-state index contributed by atoms with van der Waals surface area (Å²) in [5.74, 6) is -0.507. The van der Waals surface area contributed by atoms with E-state index in [9.17, 15) is 20.1 Å². The van der Waals surface area contributed by atoms with Gasteiger partial charge in [-0.25, -0.2) is 4.79 Å². The quantitative estimate of drug-likeness (QED) is 0.608. The molecule has 0 heterocycles. The molecule has 0 radical (unpaired) electrons. The molecule has 0 saturated carbocycles. The summed E-state index contributed by atoms with van der Waals surface area (Å²) in [5.41, 5.74) is 1.76. The monoisotopic (exact) mass is 346 g/mol. The van der Waals surface area contributed by atoms with E-state index in [0.29, 0.717) is 23.5 Å². The Labute approximate surface area is 150 Å². The fourth-order valence-corrected chi connectivity index (χ4v) is 3.89. The highest BCUT2D eigenvalue weighted by atomic mass is 16.4. The van der Waals surface area contributed by atoms with Crippen LogP contribution in [0.5, 0.6) is 11.5 Å². The van der Waals surface area contributed by atoms with Gasteiger partial charge in [0.25, 0.3) is 0 Å². The van der Waals surface area contributed by atoms with E-state index in [-0.39, 0.29) is 23.3 Å². The van der Waals surface area contributed by atoms with Crippen molar-refractivity contribution in [2.45, 2.75) is 65.2 Å². The van der Waals surface area contributed by atoms with Crippen LogP contribution in [-0.2, 0) is 11.2 Å². The van der Waals surface area contributed by atoms with E-state index >= 15 is 0 Å². The highest BCUT2D eigenvalue weighted by molar-refractivity contribution is 5.87. The SMILES string of the molecule is CCCCCc1cc(O)c(C2C=C(C(=O)O)CC[C@H]2C(C)C)c(O)c1. The maximum absolute atomic E-state index is 11.4. The lowest BCUT2D eigenvalue weighted by molar-refractivity contribution is -0.133. The number of aryl methyl sites for hydroxylation is 1. The van der Waals surface area contributed by atoms with E-state index in [2.05, 4.69) is 20.8 Å². The first-order chi connectivity index (χ1) is 11.8. The number of allylic oxidation sites excluding steroid dienone is 1. The Hall–Kier alpha value is -1.97. The van der Waals surface area contributed by atoms with E-state index in [0.717, 1.165) is 37.7 Å². The Bertz CT molecular complexity index is 622. The molecule has 0 bridgehead atoms. The van der Waals surface area contributed by atoms with Crippen LogP contribution < -0.4 is 0 Å². The van der Waals surface area contributed by atoms with Crippen LogP contribution in [0.2, 0.25) is 0 Å². The zero-order valence-electron chi connectivity index (χ0n) is 15.5. The van der Waals surface area contributed by atoms with E-state index in [4.69, 9.17) is 0 Å². The minimum atomic E-state index is -0.914. The van der Waals surface area contributed by atoms with Gasteiger partial charge in [-0.3, -0.25) is 0 Å². The van der Waals surface area contributed by atoms with Gasteiger partial charge in [0.15, 0.2) is 0 Å². The van der Waals surface area contributed by atoms with Crippen molar-refractivity contribution >= 4 is 5.97 Å². The maximum Gasteiger partial charge on any atom is 0.331 e. The Balaban J connectivity index is 2.39. The number of carboxylic acid groups (broad SMARTS) is 1. The van der Waals surface area contributed by atoms with Gasteiger partial charge < -0.3 is 15.3 Å². The molecule has 1 aliphatic rings. The smallest absolute Gasteiger partial charge is 0.331 e. The second-order valence-electron chi connectivity index (χ2n) is 7.47. The molecule has 1 aromatic rings. The third kappa shape index (κ3) is 4.56. The number of phenolic OH excluding ortho intramolecular Hbond substituents is 2. The number of rotatable bonds is 7. The third-order valence-electron chi connectivity index (χ3n) is 5.32. The third-order valence-corrected chi connectivity index (χ3v) is 5.32. The van der Waals surface area contributed by atoms with Crippen molar-refractivity contribution < 1.29 is 20.1 Å². The average molecular weight is 346 g/mol. The summed E-state index contributed by atoms with van der Waals surface area (Å²) >= 11 is 0. The molecule has 0 aromatic heterocycles. The molecule has 3 N–H and O–H groups in total. The molecule has 0 saturated heterocycles. The molecule has 4 nitrogen and oxygen atoms in total. The molecular weight excluding hydrogens is 316 g/mol. The van der Waals surface area contributed by atoms with Crippen LogP contribution >= 0.6 is 0 Å². The lowest BCUT2D eigenvalue weighted by Gasteiger charge is -2.33. The van der Waals surface area contributed by atoms with Crippen molar-refractivity contribution in [3.05, 3.63) is 34.9 Å². The summed E-state index contributed by atoms with van der Waals surface area (Å²) in [5, 5.41) is 30.5. The molecule has 0 aliphatic heterocycles. The van der Waals surface area contributed by atoms with Crippen LogP contribution in [0.3, 0.4) is 0 Å². The zero-order valence-corrected chi connectivity index (χ0v) is 15.5. The van der Waals surface area contributed by atoms with E-state index in [1.165, 1.54) is 0 Å². The number of carbonyl (C=O) groups is 1. The van der Waals surface area contributed by atoms with Crippen LogP contribution in [-0.4, -0.2) is 21.3 Å². The fraction of sp³-hybridized carbons (Fsp3) is 0.571. The van der Waals surface area contributed by atoms with Crippen LogP contribution in [0, 0.1) is 11.8 Å². The molecule has 0 spiro atoms. The Kier molecular flexibility index (Phi) is 6.51. The number of unbranched alkanes of at least 4 members (excludes halogenated alkanes) is 2. The van der Waals surface area contributed by atoms with Gasteiger partial charge in [-0.1, -0.05) is 39.7 Å². The zero-order chi connectivity index (χ0) is 18.6. The summed E-state index contributed by atoms with van der Waals surface area (Å²) in [6, 6.07) is 3.45. The summed E-state index contributed by atoms with van der Waals surface area (Å²) in [6.45, 7) is 6.34. The average Bonchev–Trinajstić information content (AvgIpc) is 2.54. The predicted octanol–water partition coefficient (Wildman–Crippen LogP) is 4.99. The second kappa shape index (κ2) is 8.41. The van der Waals surface area contributed by atoms with Crippen LogP contribution in [0.1, 0.15) is 69.9 Å². The molecular formula is C21H30O4. The highest BCUT2D eigenvalue weighted by Gasteiger charge is 2.33. The Morgan fingerprint density at radius 2 is 1.84 bits per heavy atom. The van der Waals surface area contributed by atoms with Crippen molar-refractivity contribution in [1.82, 2.24) is 0 Å². The topological polar surface area (TPSA) is 77.8 Å². The van der Waals surface area contributed by atoms with Crippen molar-refractivity contribution in [2.24, 2.45) is 11.8 Å². The Morgan fingerprint density at radius 3 is 2.36 bits per heavy atom. The first-order valence-corrected chi connectivity index (χ1v) is 9.33. The van der Waals surface area contributed by atoms with Crippen molar-refractivity contribution in [2.75, 3.05) is 0 Å². The number of benzene rings is 1. The minimum absolute atomic E-state index is 0.0741. The lowest BCUT2D eigenvalue weighted by Crippen LogP contribution is -2.23. The molecule has 2 atom stereocenters. The van der Waals surface area contributed by atoms with E-state index in [1.54, 1.807) is 18.2 Å². The number of carboxylic acids is 1. The number of hydrogen-bond donors (Lipinski definition) is 3. The van der Waals surface area contributed by atoms with Gasteiger partial charge in [0.1, 0.15) is 11.5 Å². The summed E-state index contributed by atoms with van der Waals surface area (Å²) in [7, 11) is 0. The van der Waals surface area contributed by atoms with Crippen molar-refractivity contribution in [1.29, 1.82) is 0 Å². The van der Waals surface area contributed by atoms with Gasteiger partial charge in [-0.05, 0) is 55.2 Å². The fourth-order valence-electron chi connectivity index (χ4n) is 3.89. The largest absolute Gasteiger partial charge is 0.507 e. The summed E-state index contributed by atoms with van der Waals surface area (Å²) in [6.07, 6.45) is 7.09. The first-order valence-electron chi connectivity index (χ1n) is 9.33. The molecule has 25 heavy (non-hydrogen) atoms. The highest BCUT2D eigenvalue weighted by Crippen LogP contribution is 2.46. The standard InChI is InChI=1S/C21H30O4/c1-4-5-6-7-14-10-18(22)20(19(23)11-14)17-12-15(21(24)25)8-9-16(17)13(2)3/h10-13,16-17,22-23H,4-9H2,1-3H3,(H,24,25)/t16-,17?/m0/s1. The van der Waals surface area contributed by atoms with Gasteiger partial charge >= 0.3 is 5.97 Å². The van der Waals surface area contributed by atoms with Crippen molar-refractivity contribution in [3.63, 3.8) is 0 Å². The molecule has 1 aliphatic carbocycles. The van der Waals surface area contributed by atoms with Gasteiger partial charge in [0, 0.05) is 17.1 Å². The normalized spacial score (nSPS) is 20.6. The number of phenols is 2. The van der Waals surface area contributed by atoms with Gasteiger partial charge in [0.05, 0.1) is 0 Å². The first kappa shape index (κ1) is 19.4. The van der Waals surface area contributed by atoms with Crippen LogP contribution in [0.4, 0.5) is 0 Å². The van der Waals surface area contributed by atoms with Crippen LogP contribution in [0.25, 0.3) is 0 Å². The number of hydrogen-bond acceptors (Lipinski definition) is 3. The molecule has 138 valence electrons. The van der Waals surface area contributed by atoms with Gasteiger partial charge in [0.2, 0.25) is 0 Å². The molecule has 4 heteroatoms.